The summed E-state index contributed by atoms with van der Waals surface area (Å²) in [6, 6.07) is 6.11. The van der Waals surface area contributed by atoms with Crippen LogP contribution in [-0.2, 0) is 11.3 Å². The Morgan fingerprint density at radius 1 is 1.47 bits per heavy atom. The molecule has 0 bridgehead atoms. The van der Waals surface area contributed by atoms with Crippen molar-refractivity contribution in [2.24, 2.45) is 0 Å². The van der Waals surface area contributed by atoms with E-state index in [4.69, 9.17) is 10.5 Å². The molecule has 0 aliphatic heterocycles. The van der Waals surface area contributed by atoms with Crippen molar-refractivity contribution in [3.63, 3.8) is 0 Å². The number of hydrogen-bond donors (Lipinski definition) is 2. The SMILES string of the molecule is COC(C)CNCc1ccc(N)c(C)c1. The van der Waals surface area contributed by atoms with Gasteiger partial charge in [-0.25, -0.2) is 0 Å². The fraction of sp³-hybridized carbons (Fsp3) is 0.500. The molecule has 3 nitrogen and oxygen atoms in total. The van der Waals surface area contributed by atoms with E-state index >= 15 is 0 Å². The molecule has 0 aromatic heterocycles. The van der Waals surface area contributed by atoms with Crippen LogP contribution in [0.5, 0.6) is 0 Å². The van der Waals surface area contributed by atoms with Crippen LogP contribution in [0.3, 0.4) is 0 Å². The standard InChI is InChI=1S/C12H20N2O/c1-9-6-11(4-5-12(9)13)8-14-7-10(2)15-3/h4-6,10,14H,7-8,13H2,1-3H3. The summed E-state index contributed by atoms with van der Waals surface area (Å²) in [7, 11) is 1.72. The first-order valence-electron chi connectivity index (χ1n) is 5.22. The van der Waals surface area contributed by atoms with Crippen LogP contribution in [0.2, 0.25) is 0 Å². The van der Waals surface area contributed by atoms with Gasteiger partial charge in [-0.1, -0.05) is 12.1 Å². The van der Waals surface area contributed by atoms with Gasteiger partial charge in [0.15, 0.2) is 0 Å². The largest absolute Gasteiger partial charge is 0.399 e. The number of hydrogen-bond acceptors (Lipinski definition) is 3. The lowest BCUT2D eigenvalue weighted by Gasteiger charge is -2.11. The first kappa shape index (κ1) is 12.0. The zero-order chi connectivity index (χ0) is 11.3. The molecule has 1 aromatic rings. The van der Waals surface area contributed by atoms with Gasteiger partial charge in [0.25, 0.3) is 0 Å². The molecule has 0 aliphatic rings. The molecule has 0 heterocycles. The van der Waals surface area contributed by atoms with Gasteiger partial charge in [0.2, 0.25) is 0 Å². The van der Waals surface area contributed by atoms with Crippen molar-refractivity contribution in [3.05, 3.63) is 29.3 Å². The summed E-state index contributed by atoms with van der Waals surface area (Å²) in [5.74, 6) is 0. The van der Waals surface area contributed by atoms with Crippen LogP contribution >= 0.6 is 0 Å². The molecule has 0 radical (unpaired) electrons. The maximum atomic E-state index is 5.75. The number of nitrogens with two attached hydrogens (primary N) is 1. The van der Waals surface area contributed by atoms with E-state index < -0.39 is 0 Å². The van der Waals surface area contributed by atoms with E-state index in [0.29, 0.717) is 0 Å². The van der Waals surface area contributed by atoms with Crippen molar-refractivity contribution in [1.29, 1.82) is 0 Å². The van der Waals surface area contributed by atoms with Gasteiger partial charge in [0.05, 0.1) is 6.10 Å². The Balaban J connectivity index is 2.41. The topological polar surface area (TPSA) is 47.3 Å². The Morgan fingerprint density at radius 3 is 2.80 bits per heavy atom. The number of nitrogens with one attached hydrogen (secondary N) is 1. The fourth-order valence-corrected chi connectivity index (χ4v) is 1.35. The van der Waals surface area contributed by atoms with Crippen LogP contribution < -0.4 is 11.1 Å². The second-order valence-corrected chi connectivity index (χ2v) is 3.87. The Morgan fingerprint density at radius 2 is 2.20 bits per heavy atom. The van der Waals surface area contributed by atoms with Gasteiger partial charge in [-0.15, -0.1) is 0 Å². The van der Waals surface area contributed by atoms with Crippen molar-refractivity contribution < 1.29 is 4.74 Å². The Labute approximate surface area is 91.6 Å². The average Bonchev–Trinajstić information content (AvgIpc) is 2.23. The van der Waals surface area contributed by atoms with Crippen LogP contribution in [-0.4, -0.2) is 19.8 Å². The molecule has 1 atom stereocenters. The van der Waals surface area contributed by atoms with Crippen molar-refractivity contribution in [1.82, 2.24) is 5.32 Å². The summed E-state index contributed by atoms with van der Waals surface area (Å²) in [5.41, 5.74) is 8.99. The number of anilines is 1. The van der Waals surface area contributed by atoms with E-state index in [0.717, 1.165) is 24.3 Å². The lowest BCUT2D eigenvalue weighted by molar-refractivity contribution is 0.117. The molecule has 0 aliphatic carbocycles. The summed E-state index contributed by atoms with van der Waals surface area (Å²) in [5, 5.41) is 3.33. The molecule has 15 heavy (non-hydrogen) atoms. The van der Waals surface area contributed by atoms with E-state index in [-0.39, 0.29) is 6.10 Å². The molecule has 0 saturated carbocycles. The number of ether oxygens (including phenoxy) is 1. The predicted octanol–water partition coefficient (Wildman–Crippen LogP) is 1.70. The minimum Gasteiger partial charge on any atom is -0.399 e. The highest BCUT2D eigenvalue weighted by molar-refractivity contribution is 5.47. The van der Waals surface area contributed by atoms with E-state index in [1.54, 1.807) is 7.11 Å². The van der Waals surface area contributed by atoms with Crippen molar-refractivity contribution in [3.8, 4) is 0 Å². The van der Waals surface area contributed by atoms with Gasteiger partial charge in [-0.3, -0.25) is 0 Å². The Hall–Kier alpha value is -1.06. The average molecular weight is 208 g/mol. The molecular formula is C12H20N2O. The van der Waals surface area contributed by atoms with E-state index in [1.807, 2.05) is 26.0 Å². The summed E-state index contributed by atoms with van der Waals surface area (Å²) in [4.78, 5) is 0. The van der Waals surface area contributed by atoms with Gasteiger partial charge in [0.1, 0.15) is 0 Å². The first-order chi connectivity index (χ1) is 7.13. The maximum absolute atomic E-state index is 5.75. The lowest BCUT2D eigenvalue weighted by Crippen LogP contribution is -2.25. The predicted molar refractivity (Wildman–Crippen MR) is 63.8 cm³/mol. The monoisotopic (exact) mass is 208 g/mol. The third-order valence-corrected chi connectivity index (χ3v) is 2.50. The number of benzene rings is 1. The fourth-order valence-electron chi connectivity index (χ4n) is 1.35. The van der Waals surface area contributed by atoms with Gasteiger partial charge in [-0.05, 0) is 31.0 Å². The van der Waals surface area contributed by atoms with Crippen LogP contribution in [0.25, 0.3) is 0 Å². The molecule has 1 aromatic carbocycles. The van der Waals surface area contributed by atoms with Crippen molar-refractivity contribution in [2.45, 2.75) is 26.5 Å². The van der Waals surface area contributed by atoms with Crippen molar-refractivity contribution >= 4 is 5.69 Å². The number of rotatable bonds is 5. The van der Waals surface area contributed by atoms with Crippen molar-refractivity contribution in [2.75, 3.05) is 19.4 Å². The summed E-state index contributed by atoms with van der Waals surface area (Å²) >= 11 is 0. The molecule has 0 saturated heterocycles. The zero-order valence-electron chi connectivity index (χ0n) is 9.71. The van der Waals surface area contributed by atoms with Crippen LogP contribution in [0.4, 0.5) is 5.69 Å². The van der Waals surface area contributed by atoms with E-state index in [1.165, 1.54) is 5.56 Å². The molecule has 0 fully saturated rings. The van der Waals surface area contributed by atoms with Gasteiger partial charge in [0, 0.05) is 25.9 Å². The molecule has 1 rings (SSSR count). The van der Waals surface area contributed by atoms with E-state index in [2.05, 4.69) is 11.4 Å². The molecule has 84 valence electrons. The quantitative estimate of drug-likeness (QED) is 0.724. The second kappa shape index (κ2) is 5.73. The molecular weight excluding hydrogens is 188 g/mol. The van der Waals surface area contributed by atoms with Gasteiger partial charge >= 0.3 is 0 Å². The number of aryl methyl sites for hydroxylation is 1. The minimum absolute atomic E-state index is 0.250. The summed E-state index contributed by atoms with van der Waals surface area (Å²) in [6.45, 7) is 5.78. The summed E-state index contributed by atoms with van der Waals surface area (Å²) < 4.78 is 5.15. The minimum atomic E-state index is 0.250. The summed E-state index contributed by atoms with van der Waals surface area (Å²) in [6.07, 6.45) is 0.250. The molecule has 0 spiro atoms. The normalized spacial score (nSPS) is 12.7. The van der Waals surface area contributed by atoms with Crippen LogP contribution in [0, 0.1) is 6.92 Å². The highest BCUT2D eigenvalue weighted by Crippen LogP contribution is 2.12. The third-order valence-electron chi connectivity index (χ3n) is 2.50. The molecule has 3 heteroatoms. The third kappa shape index (κ3) is 3.90. The zero-order valence-corrected chi connectivity index (χ0v) is 9.71. The highest BCUT2D eigenvalue weighted by atomic mass is 16.5. The second-order valence-electron chi connectivity index (χ2n) is 3.87. The highest BCUT2D eigenvalue weighted by Gasteiger charge is 1.99. The molecule has 0 amide bonds. The lowest BCUT2D eigenvalue weighted by atomic mass is 10.1. The van der Waals surface area contributed by atoms with Crippen LogP contribution in [0.15, 0.2) is 18.2 Å². The van der Waals surface area contributed by atoms with E-state index in [9.17, 15) is 0 Å². The molecule has 1 unspecified atom stereocenters. The smallest absolute Gasteiger partial charge is 0.0667 e. The number of methoxy groups -OCH3 is 1. The maximum Gasteiger partial charge on any atom is 0.0667 e. The number of nitrogen functional groups attached to an aromatic ring is 1. The Kier molecular flexibility index (Phi) is 4.59. The van der Waals surface area contributed by atoms with Gasteiger partial charge < -0.3 is 15.8 Å². The van der Waals surface area contributed by atoms with Gasteiger partial charge in [-0.2, -0.15) is 0 Å². The molecule has 3 N–H and O–H groups in total. The van der Waals surface area contributed by atoms with Crippen LogP contribution in [0.1, 0.15) is 18.1 Å². The first-order valence-corrected chi connectivity index (χ1v) is 5.22. The Bertz CT molecular complexity index is 312.